The molecule has 1 saturated carbocycles. The molecule has 206 valence electrons. The number of carbonyl (C=O) groups excluding carboxylic acids is 5. The number of hydrazine groups is 1. The smallest absolute Gasteiger partial charge is 0.379 e. The number of hydrogen-bond donors (Lipinski definition) is 0. The first-order valence-corrected chi connectivity index (χ1v) is 12.7. The third-order valence-corrected chi connectivity index (χ3v) is 7.65. The standard InChI is InChI=1S/C29H21N3O9/c33-22(16-7-11-21(12-8-16)41-29(37)23-2-1-13-40-23)15-30(26(34)17-5-9-20(10-6-17)32(38)39)31-27(35)24-18-3-4-19(14-18)25(24)28(31)36/h1-13,18-19,24-25H,14-15H2/t18-,19+,24+,25-. The van der Waals surface area contributed by atoms with Crippen LogP contribution in [-0.2, 0) is 9.59 Å². The zero-order valence-corrected chi connectivity index (χ0v) is 21.2. The summed E-state index contributed by atoms with van der Waals surface area (Å²) in [6, 6.07) is 13.2. The highest BCUT2D eigenvalue weighted by Gasteiger charge is 2.61. The van der Waals surface area contributed by atoms with Gasteiger partial charge in [0.05, 0.1) is 23.0 Å². The maximum Gasteiger partial charge on any atom is 0.379 e. The van der Waals surface area contributed by atoms with Gasteiger partial charge < -0.3 is 9.15 Å². The molecule has 12 nitrogen and oxygen atoms in total. The fourth-order valence-electron chi connectivity index (χ4n) is 5.72. The fourth-order valence-corrected chi connectivity index (χ4v) is 5.72. The number of Topliss-reactive ketones (excluding diaryl/α,β-unsaturated/α-hetero) is 1. The number of amides is 3. The minimum absolute atomic E-state index is 0.00102. The predicted octanol–water partition coefficient (Wildman–Crippen LogP) is 3.45. The molecule has 0 N–H and O–H groups in total. The third kappa shape index (κ3) is 4.48. The zero-order chi connectivity index (χ0) is 28.8. The second-order valence-electron chi connectivity index (χ2n) is 9.97. The van der Waals surface area contributed by atoms with E-state index in [9.17, 15) is 34.1 Å². The Kier molecular flexibility index (Phi) is 6.29. The average Bonchev–Trinajstić information content (AvgIpc) is 3.78. The number of non-ortho nitro benzene ring substituents is 1. The number of benzene rings is 2. The van der Waals surface area contributed by atoms with Crippen molar-refractivity contribution in [1.29, 1.82) is 0 Å². The molecular formula is C29H21N3O9. The molecule has 1 aromatic heterocycles. The van der Waals surface area contributed by atoms with Gasteiger partial charge in [-0.1, -0.05) is 12.2 Å². The lowest BCUT2D eigenvalue weighted by Crippen LogP contribution is -2.52. The summed E-state index contributed by atoms with van der Waals surface area (Å²) in [5.74, 6) is -4.58. The molecule has 1 aliphatic heterocycles. The lowest BCUT2D eigenvalue weighted by atomic mass is 9.85. The minimum Gasteiger partial charge on any atom is -0.457 e. The molecule has 0 unspecified atom stereocenters. The van der Waals surface area contributed by atoms with Crippen molar-refractivity contribution >= 4 is 35.2 Å². The van der Waals surface area contributed by atoms with Crippen molar-refractivity contribution in [2.75, 3.05) is 6.54 Å². The van der Waals surface area contributed by atoms with E-state index in [1.165, 1.54) is 54.8 Å². The number of esters is 1. The van der Waals surface area contributed by atoms with Crippen LogP contribution in [0.1, 0.15) is 37.7 Å². The molecule has 3 aromatic rings. The summed E-state index contributed by atoms with van der Waals surface area (Å²) in [6.45, 7) is -0.652. The molecule has 0 spiro atoms. The number of furan rings is 1. The van der Waals surface area contributed by atoms with Crippen LogP contribution < -0.4 is 4.74 Å². The van der Waals surface area contributed by atoms with Crippen molar-refractivity contribution in [3.8, 4) is 5.75 Å². The largest absolute Gasteiger partial charge is 0.457 e. The molecule has 1 saturated heterocycles. The molecule has 41 heavy (non-hydrogen) atoms. The van der Waals surface area contributed by atoms with E-state index < -0.39 is 52.8 Å². The highest BCUT2D eigenvalue weighted by atomic mass is 16.6. The number of carbonyl (C=O) groups is 5. The number of ketones is 1. The lowest BCUT2D eigenvalue weighted by Gasteiger charge is -2.30. The number of imide groups is 1. The Morgan fingerprint density at radius 2 is 1.54 bits per heavy atom. The molecule has 0 radical (unpaired) electrons. The van der Waals surface area contributed by atoms with Crippen LogP contribution in [0.2, 0.25) is 0 Å². The van der Waals surface area contributed by atoms with Crippen LogP contribution in [0.4, 0.5) is 5.69 Å². The number of rotatable bonds is 8. The van der Waals surface area contributed by atoms with Crippen molar-refractivity contribution in [3.05, 3.63) is 106 Å². The van der Waals surface area contributed by atoms with Crippen molar-refractivity contribution < 1.29 is 38.1 Å². The molecule has 2 fully saturated rings. The van der Waals surface area contributed by atoms with E-state index in [4.69, 9.17) is 9.15 Å². The van der Waals surface area contributed by atoms with Gasteiger partial charge in [0.25, 0.3) is 23.4 Å². The van der Waals surface area contributed by atoms with Gasteiger partial charge >= 0.3 is 5.97 Å². The summed E-state index contributed by atoms with van der Waals surface area (Å²) in [4.78, 5) is 76.5. The quantitative estimate of drug-likeness (QED) is 0.0772. The summed E-state index contributed by atoms with van der Waals surface area (Å²) >= 11 is 0. The average molecular weight is 555 g/mol. The van der Waals surface area contributed by atoms with E-state index in [2.05, 4.69) is 0 Å². The summed E-state index contributed by atoms with van der Waals surface area (Å²) in [7, 11) is 0. The van der Waals surface area contributed by atoms with Crippen LogP contribution in [-0.4, -0.2) is 51.0 Å². The van der Waals surface area contributed by atoms with E-state index >= 15 is 0 Å². The SMILES string of the molecule is O=C(CN(C(=O)c1ccc([N+](=O)[O-])cc1)N1C(=O)[C@@H]2[C@H](C1=O)[C@H]1C=C[C@@H]2C1)c1ccc(OC(=O)c2ccco2)cc1. The van der Waals surface area contributed by atoms with Crippen LogP contribution in [0.5, 0.6) is 5.75 Å². The van der Waals surface area contributed by atoms with Crippen LogP contribution in [0.25, 0.3) is 0 Å². The van der Waals surface area contributed by atoms with Gasteiger partial charge in [-0.25, -0.2) is 9.80 Å². The molecule has 3 aliphatic rings. The summed E-state index contributed by atoms with van der Waals surface area (Å²) in [5, 5.41) is 12.6. The first-order chi connectivity index (χ1) is 19.7. The van der Waals surface area contributed by atoms with E-state index in [-0.39, 0.29) is 40.2 Å². The maximum absolute atomic E-state index is 13.6. The summed E-state index contributed by atoms with van der Waals surface area (Å²) < 4.78 is 10.2. The van der Waals surface area contributed by atoms with Crippen molar-refractivity contribution in [2.24, 2.45) is 23.7 Å². The predicted molar refractivity (Wildman–Crippen MR) is 138 cm³/mol. The van der Waals surface area contributed by atoms with Gasteiger partial charge in [-0.3, -0.25) is 29.3 Å². The highest BCUT2D eigenvalue weighted by molar-refractivity contribution is 6.10. The number of allylic oxidation sites excluding steroid dienone is 2. The second-order valence-corrected chi connectivity index (χ2v) is 9.97. The van der Waals surface area contributed by atoms with Gasteiger partial charge in [0.1, 0.15) is 12.3 Å². The normalized spacial score (nSPS) is 22.1. The molecule has 2 bridgehead atoms. The van der Waals surface area contributed by atoms with E-state index in [0.717, 1.165) is 22.2 Å². The van der Waals surface area contributed by atoms with E-state index in [1.54, 1.807) is 0 Å². The number of nitrogens with zero attached hydrogens (tertiary/aromatic N) is 3. The molecule has 4 atom stereocenters. The zero-order valence-electron chi connectivity index (χ0n) is 21.2. The molecule has 2 aliphatic carbocycles. The summed E-state index contributed by atoms with van der Waals surface area (Å²) in [6.07, 6.45) is 5.84. The Labute approximate surface area is 231 Å². The Morgan fingerprint density at radius 1 is 0.927 bits per heavy atom. The van der Waals surface area contributed by atoms with Crippen molar-refractivity contribution in [3.63, 3.8) is 0 Å². The molecule has 2 heterocycles. The lowest BCUT2D eigenvalue weighted by molar-refractivity contribution is -0.384. The molecule has 3 amide bonds. The Bertz CT molecular complexity index is 1580. The number of ether oxygens (including phenoxy) is 1. The Morgan fingerprint density at radius 3 is 2.10 bits per heavy atom. The maximum atomic E-state index is 13.6. The fraction of sp³-hybridized carbons (Fsp3) is 0.207. The molecule has 6 rings (SSSR count). The monoisotopic (exact) mass is 555 g/mol. The van der Waals surface area contributed by atoms with Crippen LogP contribution in [0, 0.1) is 33.8 Å². The number of nitro benzene ring substituents is 1. The van der Waals surface area contributed by atoms with Gasteiger partial charge in [-0.05, 0) is 66.8 Å². The summed E-state index contributed by atoms with van der Waals surface area (Å²) in [5.41, 5.74) is -0.157. The topological polar surface area (TPSA) is 157 Å². The molecular weight excluding hydrogens is 534 g/mol. The van der Waals surface area contributed by atoms with Gasteiger partial charge in [-0.15, -0.1) is 0 Å². The van der Waals surface area contributed by atoms with Crippen LogP contribution in [0.15, 0.2) is 83.5 Å². The minimum atomic E-state index is -0.834. The van der Waals surface area contributed by atoms with Crippen LogP contribution in [0.3, 0.4) is 0 Å². The highest BCUT2D eigenvalue weighted by Crippen LogP contribution is 2.52. The first-order valence-electron chi connectivity index (χ1n) is 12.7. The van der Waals surface area contributed by atoms with Crippen LogP contribution >= 0.6 is 0 Å². The van der Waals surface area contributed by atoms with Crippen molar-refractivity contribution in [1.82, 2.24) is 10.0 Å². The number of hydrogen-bond acceptors (Lipinski definition) is 9. The third-order valence-electron chi connectivity index (χ3n) is 7.65. The molecule has 12 heteroatoms. The Balaban J connectivity index is 1.26. The van der Waals surface area contributed by atoms with Gasteiger partial charge in [-0.2, -0.15) is 5.01 Å². The first kappa shape index (κ1) is 25.9. The van der Waals surface area contributed by atoms with Crippen molar-refractivity contribution in [2.45, 2.75) is 6.42 Å². The van der Waals surface area contributed by atoms with Gasteiger partial charge in [0, 0.05) is 23.3 Å². The van der Waals surface area contributed by atoms with Gasteiger partial charge in [0.2, 0.25) is 5.76 Å². The van der Waals surface area contributed by atoms with E-state index in [0.29, 0.717) is 6.42 Å². The van der Waals surface area contributed by atoms with Gasteiger partial charge in [0.15, 0.2) is 5.78 Å². The Hall–Kier alpha value is -5.39. The number of nitro groups is 1. The van der Waals surface area contributed by atoms with E-state index in [1.807, 2.05) is 12.2 Å². The second kappa shape index (κ2) is 9.97. The number of fused-ring (bicyclic) bond motifs is 5. The molecule has 2 aromatic carbocycles.